The molecule has 4 rings (SSSR count). The number of hydrogen-bond donors (Lipinski definition) is 1. The Labute approximate surface area is 194 Å². The molecule has 0 spiro atoms. The van der Waals surface area contributed by atoms with Crippen LogP contribution < -0.4 is 5.32 Å². The van der Waals surface area contributed by atoms with Crippen molar-refractivity contribution in [1.82, 2.24) is 5.32 Å². The van der Waals surface area contributed by atoms with E-state index in [0.717, 1.165) is 16.7 Å². The van der Waals surface area contributed by atoms with Crippen LogP contribution in [0.25, 0.3) is 0 Å². The van der Waals surface area contributed by atoms with Gasteiger partial charge in [0.2, 0.25) is 0 Å². The molecule has 0 aliphatic heterocycles. The van der Waals surface area contributed by atoms with E-state index in [2.05, 4.69) is 62.5 Å². The fourth-order valence-corrected chi connectivity index (χ4v) is 6.26. The molecule has 32 heavy (non-hydrogen) atoms. The lowest BCUT2D eigenvalue weighted by atomic mass is 9.50. The van der Waals surface area contributed by atoms with E-state index in [0.29, 0.717) is 23.5 Å². The van der Waals surface area contributed by atoms with E-state index in [1.165, 1.54) is 0 Å². The first-order valence-electron chi connectivity index (χ1n) is 11.4. The zero-order valence-electron chi connectivity index (χ0n) is 19.5. The monoisotopic (exact) mass is 447 g/mol. The Balaban J connectivity index is 1.88. The Morgan fingerprint density at radius 3 is 1.75 bits per heavy atom. The molecule has 0 bridgehead atoms. The Bertz CT molecular complexity index is 966. The van der Waals surface area contributed by atoms with E-state index < -0.39 is 17.3 Å². The largest absolute Gasteiger partial charge is 0.413 e. The molecule has 3 aromatic rings. The van der Waals surface area contributed by atoms with E-state index in [4.69, 9.17) is 4.43 Å². The van der Waals surface area contributed by atoms with E-state index >= 15 is 4.39 Å². The summed E-state index contributed by atoms with van der Waals surface area (Å²) < 4.78 is 23.2. The van der Waals surface area contributed by atoms with Gasteiger partial charge < -0.3 is 9.74 Å². The molecule has 0 radical (unpaired) electrons. The zero-order valence-corrected chi connectivity index (χ0v) is 21.5. The molecule has 4 heteroatoms. The molecule has 1 N–H and O–H groups in total. The highest BCUT2D eigenvalue weighted by molar-refractivity contribution is 5.98. The maximum Gasteiger partial charge on any atom is 0.147 e. The van der Waals surface area contributed by atoms with Gasteiger partial charge in [-0.2, -0.15) is 0 Å². The third-order valence-corrected chi connectivity index (χ3v) is 7.84. The molecule has 0 heterocycles. The van der Waals surface area contributed by atoms with Crippen molar-refractivity contribution in [1.29, 1.82) is 0 Å². The van der Waals surface area contributed by atoms with Crippen LogP contribution in [-0.2, 0) is 16.6 Å². The van der Waals surface area contributed by atoms with Gasteiger partial charge in [-0.05, 0) is 34.4 Å². The van der Waals surface area contributed by atoms with Crippen LogP contribution in [0.5, 0.6) is 0 Å². The van der Waals surface area contributed by atoms with Crippen molar-refractivity contribution in [2.75, 3.05) is 0 Å². The van der Waals surface area contributed by atoms with Crippen LogP contribution in [0.2, 0.25) is 0 Å². The molecule has 168 valence electrons. The lowest BCUT2D eigenvalue weighted by Crippen LogP contribution is -2.77. The fourth-order valence-electron chi connectivity index (χ4n) is 5.42. The van der Waals surface area contributed by atoms with E-state index in [9.17, 15) is 0 Å². The summed E-state index contributed by atoms with van der Waals surface area (Å²) in [4.78, 5) is 0. The smallest absolute Gasteiger partial charge is 0.147 e. The molecule has 2 nitrogen and oxygen atoms in total. The minimum Gasteiger partial charge on any atom is -0.413 e. The highest BCUT2D eigenvalue weighted by Gasteiger charge is 2.68. The summed E-state index contributed by atoms with van der Waals surface area (Å²) in [7, 11) is 0.479. The average molecular weight is 448 g/mol. The van der Waals surface area contributed by atoms with Gasteiger partial charge in [0.25, 0.3) is 0 Å². The van der Waals surface area contributed by atoms with Gasteiger partial charge in [-0.25, -0.2) is 4.39 Å². The Kier molecular flexibility index (Phi) is 6.39. The maximum absolute atomic E-state index is 16.6. The standard InChI is InChI=1S/C28H34FNOSi/c1-26(2,3)24-19-27(25(24)29,30-20-21-13-7-4-8-14-21)28(31-32,22-15-9-5-10-16-22)23-17-11-6-12-18-23/h4-18,24-25,30H,19-20H2,1-3,32H3. The number of hydrogen-bond acceptors (Lipinski definition) is 2. The van der Waals surface area contributed by atoms with Crippen molar-refractivity contribution in [3.63, 3.8) is 0 Å². The normalized spacial score (nSPS) is 23.6. The van der Waals surface area contributed by atoms with Crippen molar-refractivity contribution in [3.8, 4) is 0 Å². The number of benzene rings is 3. The topological polar surface area (TPSA) is 21.3 Å². The predicted octanol–water partition coefficient (Wildman–Crippen LogP) is 5.16. The molecule has 0 aromatic heterocycles. The quantitative estimate of drug-likeness (QED) is 0.505. The van der Waals surface area contributed by atoms with E-state index in [1.807, 2.05) is 54.6 Å². The molecule has 3 atom stereocenters. The molecular formula is C28H34FNOSi. The minimum absolute atomic E-state index is 0.0469. The lowest BCUT2D eigenvalue weighted by Gasteiger charge is -2.64. The summed E-state index contributed by atoms with van der Waals surface area (Å²) >= 11 is 0. The van der Waals surface area contributed by atoms with Gasteiger partial charge in [0.15, 0.2) is 0 Å². The van der Waals surface area contributed by atoms with Gasteiger partial charge in [0.1, 0.15) is 22.3 Å². The first kappa shape index (κ1) is 22.9. The SMILES string of the molecule is CC(C)(C)C1CC(NCc2ccccc2)(C(O[SiH3])(c2ccccc2)c2ccccc2)C1F. The molecule has 0 saturated heterocycles. The minimum atomic E-state index is -1.06. The summed E-state index contributed by atoms with van der Waals surface area (Å²) in [5.41, 5.74) is 1.24. The number of alkyl halides is 1. The molecule has 0 amide bonds. The third kappa shape index (κ3) is 3.74. The van der Waals surface area contributed by atoms with Crippen LogP contribution in [0.3, 0.4) is 0 Å². The summed E-state index contributed by atoms with van der Waals surface area (Å²) in [5, 5.41) is 3.71. The summed E-state index contributed by atoms with van der Waals surface area (Å²) in [5.74, 6) is -0.0469. The molecule has 1 aliphatic carbocycles. The van der Waals surface area contributed by atoms with Gasteiger partial charge in [0, 0.05) is 6.54 Å². The Morgan fingerprint density at radius 1 is 0.875 bits per heavy atom. The van der Waals surface area contributed by atoms with Gasteiger partial charge in [-0.15, -0.1) is 0 Å². The summed E-state index contributed by atoms with van der Waals surface area (Å²) in [6, 6.07) is 30.6. The first-order chi connectivity index (χ1) is 15.3. The van der Waals surface area contributed by atoms with Gasteiger partial charge in [-0.1, -0.05) is 112 Å². The van der Waals surface area contributed by atoms with Crippen LogP contribution in [0.1, 0.15) is 43.9 Å². The Hall–Kier alpha value is -2.27. The van der Waals surface area contributed by atoms with E-state index in [1.54, 1.807) is 0 Å². The van der Waals surface area contributed by atoms with Crippen LogP contribution >= 0.6 is 0 Å². The molecule has 1 aliphatic rings. The summed E-state index contributed by atoms with van der Waals surface area (Å²) in [6.07, 6.45) is -0.350. The van der Waals surface area contributed by atoms with Gasteiger partial charge in [-0.3, -0.25) is 0 Å². The highest BCUT2D eigenvalue weighted by Crippen LogP contribution is 2.59. The van der Waals surface area contributed by atoms with Crippen molar-refractivity contribution in [2.24, 2.45) is 11.3 Å². The predicted molar refractivity (Wildman–Crippen MR) is 133 cm³/mol. The van der Waals surface area contributed by atoms with Crippen LogP contribution in [0.15, 0.2) is 91.0 Å². The first-order valence-corrected chi connectivity index (χ1v) is 12.3. The van der Waals surface area contributed by atoms with Crippen molar-refractivity contribution in [3.05, 3.63) is 108 Å². The zero-order chi connectivity index (χ0) is 22.8. The van der Waals surface area contributed by atoms with Crippen LogP contribution in [-0.4, -0.2) is 22.2 Å². The van der Waals surface area contributed by atoms with Crippen molar-refractivity contribution in [2.45, 2.75) is 51.0 Å². The second-order valence-electron chi connectivity index (χ2n) is 10.0. The summed E-state index contributed by atoms with van der Waals surface area (Å²) in [6.45, 7) is 7.00. The molecule has 3 aromatic carbocycles. The van der Waals surface area contributed by atoms with Crippen LogP contribution in [0, 0.1) is 11.3 Å². The number of nitrogens with one attached hydrogen (secondary N) is 1. The second kappa shape index (κ2) is 8.93. The number of halogens is 1. The average Bonchev–Trinajstić information content (AvgIpc) is 2.81. The lowest BCUT2D eigenvalue weighted by molar-refractivity contribution is -0.159. The fraction of sp³-hybridized carbons (Fsp3) is 0.357. The van der Waals surface area contributed by atoms with E-state index in [-0.39, 0.29) is 11.3 Å². The third-order valence-electron chi connectivity index (χ3n) is 7.22. The molecule has 1 fully saturated rings. The van der Waals surface area contributed by atoms with Crippen molar-refractivity contribution >= 4 is 10.5 Å². The Morgan fingerprint density at radius 2 is 1.34 bits per heavy atom. The molecule has 1 saturated carbocycles. The number of rotatable bonds is 7. The van der Waals surface area contributed by atoms with Gasteiger partial charge >= 0.3 is 0 Å². The van der Waals surface area contributed by atoms with Crippen LogP contribution in [0.4, 0.5) is 4.39 Å². The molecular weight excluding hydrogens is 413 g/mol. The van der Waals surface area contributed by atoms with Crippen molar-refractivity contribution < 1.29 is 8.82 Å². The molecule has 3 unspecified atom stereocenters. The second-order valence-corrected chi connectivity index (χ2v) is 10.4. The highest BCUT2D eigenvalue weighted by atomic mass is 28.2. The maximum atomic E-state index is 16.6. The van der Waals surface area contributed by atoms with Gasteiger partial charge in [0.05, 0.1) is 5.54 Å².